The number of ether oxygens (including phenoxy) is 2. The molecule has 0 saturated carbocycles. The molecule has 6 nitrogen and oxygen atoms in total. The number of rotatable bonds is 6. The van der Waals surface area contributed by atoms with Gasteiger partial charge >= 0.3 is 0 Å². The fourth-order valence-electron chi connectivity index (χ4n) is 3.43. The van der Waals surface area contributed by atoms with Crippen LogP contribution in [-0.4, -0.2) is 48.4 Å². The Bertz CT molecular complexity index is 951. The van der Waals surface area contributed by atoms with E-state index >= 15 is 0 Å². The number of amides is 2. The standard InChI is InChI=1S/C22H24ClFN2O4/c1-13(26-11-21(27)25(3)14(2)22(26)28)18-9-15(24)10-20(23)19(18)12-30-17-7-5-16(29-4)6-8-17/h5-10,13-14H,11-12H2,1-4H3/t13-,14?/m0/s1. The van der Waals surface area contributed by atoms with Gasteiger partial charge in [0, 0.05) is 12.6 Å². The topological polar surface area (TPSA) is 59.1 Å². The summed E-state index contributed by atoms with van der Waals surface area (Å²) in [6.45, 7) is 3.43. The largest absolute Gasteiger partial charge is 0.497 e. The summed E-state index contributed by atoms with van der Waals surface area (Å²) in [6, 6.07) is 8.45. The third-order valence-corrected chi connectivity index (χ3v) is 5.81. The van der Waals surface area contributed by atoms with Crippen molar-refractivity contribution in [3.63, 3.8) is 0 Å². The number of benzene rings is 2. The second kappa shape index (κ2) is 8.92. The number of halogens is 2. The van der Waals surface area contributed by atoms with Crippen LogP contribution in [0.1, 0.15) is 31.0 Å². The van der Waals surface area contributed by atoms with Crippen LogP contribution in [0.2, 0.25) is 5.02 Å². The van der Waals surface area contributed by atoms with Crippen LogP contribution in [0.3, 0.4) is 0 Å². The predicted octanol–water partition coefficient (Wildman–Crippen LogP) is 3.82. The van der Waals surface area contributed by atoms with E-state index in [2.05, 4.69) is 0 Å². The zero-order valence-corrected chi connectivity index (χ0v) is 18.1. The summed E-state index contributed by atoms with van der Waals surface area (Å²) in [7, 11) is 3.17. The first-order chi connectivity index (χ1) is 14.2. The average Bonchev–Trinajstić information content (AvgIpc) is 2.73. The van der Waals surface area contributed by atoms with Crippen molar-refractivity contribution in [3.8, 4) is 11.5 Å². The van der Waals surface area contributed by atoms with Gasteiger partial charge in [0.05, 0.1) is 18.2 Å². The summed E-state index contributed by atoms with van der Waals surface area (Å²) in [5.41, 5.74) is 1.07. The zero-order valence-electron chi connectivity index (χ0n) is 17.3. The lowest BCUT2D eigenvalue weighted by molar-refractivity contribution is -0.155. The fraction of sp³-hybridized carbons (Fsp3) is 0.364. The highest BCUT2D eigenvalue weighted by atomic mass is 35.5. The zero-order chi connectivity index (χ0) is 22.0. The first-order valence-electron chi connectivity index (χ1n) is 9.53. The first kappa shape index (κ1) is 21.9. The van der Waals surface area contributed by atoms with Crippen molar-refractivity contribution in [3.05, 3.63) is 58.4 Å². The van der Waals surface area contributed by atoms with E-state index in [1.54, 1.807) is 52.3 Å². The number of carbonyl (C=O) groups is 2. The molecule has 30 heavy (non-hydrogen) atoms. The summed E-state index contributed by atoms with van der Waals surface area (Å²) in [6.07, 6.45) is 0. The molecule has 2 aromatic carbocycles. The van der Waals surface area contributed by atoms with Crippen LogP contribution in [0, 0.1) is 5.82 Å². The molecule has 1 unspecified atom stereocenters. The second-order valence-corrected chi connectivity index (χ2v) is 7.65. The van der Waals surface area contributed by atoms with Crippen molar-refractivity contribution in [2.24, 2.45) is 0 Å². The van der Waals surface area contributed by atoms with Crippen LogP contribution in [0.15, 0.2) is 36.4 Å². The highest BCUT2D eigenvalue weighted by Gasteiger charge is 2.37. The molecule has 160 valence electrons. The van der Waals surface area contributed by atoms with Gasteiger partial charge in [-0.3, -0.25) is 9.59 Å². The monoisotopic (exact) mass is 434 g/mol. The molecule has 2 amide bonds. The normalized spacial score (nSPS) is 17.9. The van der Waals surface area contributed by atoms with Crippen molar-refractivity contribution in [2.45, 2.75) is 32.5 Å². The Morgan fingerprint density at radius 2 is 1.83 bits per heavy atom. The molecule has 1 fully saturated rings. The van der Waals surface area contributed by atoms with Gasteiger partial charge < -0.3 is 19.3 Å². The van der Waals surface area contributed by atoms with Gasteiger partial charge in [0.2, 0.25) is 11.8 Å². The van der Waals surface area contributed by atoms with E-state index in [-0.39, 0.29) is 30.0 Å². The van der Waals surface area contributed by atoms with E-state index in [4.69, 9.17) is 21.1 Å². The quantitative estimate of drug-likeness (QED) is 0.693. The maximum Gasteiger partial charge on any atom is 0.246 e. The Morgan fingerprint density at radius 3 is 2.47 bits per heavy atom. The SMILES string of the molecule is COc1ccc(OCc2c(Cl)cc(F)cc2[C@H](C)N2CC(=O)N(C)C(C)C2=O)cc1. The van der Waals surface area contributed by atoms with Crippen molar-refractivity contribution >= 4 is 23.4 Å². The molecule has 1 aliphatic heterocycles. The number of likely N-dealkylation sites (N-methyl/N-ethyl adjacent to an activating group) is 1. The molecular formula is C22H24ClFN2O4. The van der Waals surface area contributed by atoms with Crippen LogP contribution in [0.5, 0.6) is 11.5 Å². The van der Waals surface area contributed by atoms with E-state index in [0.717, 1.165) is 0 Å². The van der Waals surface area contributed by atoms with E-state index in [1.807, 2.05) is 0 Å². The second-order valence-electron chi connectivity index (χ2n) is 7.24. The Labute approximate surface area is 180 Å². The maximum absolute atomic E-state index is 14.2. The van der Waals surface area contributed by atoms with Gasteiger partial charge in [-0.1, -0.05) is 11.6 Å². The Morgan fingerprint density at radius 1 is 1.20 bits per heavy atom. The van der Waals surface area contributed by atoms with Gasteiger partial charge in [0.25, 0.3) is 0 Å². The van der Waals surface area contributed by atoms with Gasteiger partial charge in [-0.05, 0) is 55.8 Å². The minimum atomic E-state index is -0.586. The van der Waals surface area contributed by atoms with Gasteiger partial charge in [-0.25, -0.2) is 4.39 Å². The molecule has 0 aromatic heterocycles. The number of methoxy groups -OCH3 is 1. The van der Waals surface area contributed by atoms with Crippen molar-refractivity contribution in [1.29, 1.82) is 0 Å². The molecule has 0 aliphatic carbocycles. The molecule has 2 atom stereocenters. The average molecular weight is 435 g/mol. The minimum Gasteiger partial charge on any atom is -0.497 e. The van der Waals surface area contributed by atoms with Crippen LogP contribution < -0.4 is 9.47 Å². The van der Waals surface area contributed by atoms with Gasteiger partial charge in [-0.2, -0.15) is 0 Å². The highest BCUT2D eigenvalue weighted by Crippen LogP contribution is 2.33. The van der Waals surface area contributed by atoms with Gasteiger partial charge in [0.15, 0.2) is 0 Å². The molecule has 0 spiro atoms. The lowest BCUT2D eigenvalue weighted by atomic mass is 9.98. The smallest absolute Gasteiger partial charge is 0.246 e. The maximum atomic E-state index is 14.2. The molecule has 0 radical (unpaired) electrons. The summed E-state index contributed by atoms with van der Waals surface area (Å²) < 4.78 is 25.1. The number of hydrogen-bond donors (Lipinski definition) is 0. The molecule has 1 aliphatic rings. The minimum absolute atomic E-state index is 0.0756. The molecule has 8 heteroatoms. The highest BCUT2D eigenvalue weighted by molar-refractivity contribution is 6.31. The Kier molecular flexibility index (Phi) is 6.51. The van der Waals surface area contributed by atoms with Crippen LogP contribution >= 0.6 is 11.6 Å². The summed E-state index contributed by atoms with van der Waals surface area (Å²) >= 11 is 6.33. The first-order valence-corrected chi connectivity index (χ1v) is 9.91. The molecule has 3 rings (SSSR count). The number of piperazine rings is 1. The van der Waals surface area contributed by atoms with Crippen molar-refractivity contribution in [2.75, 3.05) is 20.7 Å². The van der Waals surface area contributed by atoms with E-state index in [1.165, 1.54) is 21.9 Å². The molecule has 1 saturated heterocycles. The van der Waals surface area contributed by atoms with Gasteiger partial charge in [0.1, 0.15) is 36.5 Å². The molecule has 0 N–H and O–H groups in total. The molecule has 1 heterocycles. The summed E-state index contributed by atoms with van der Waals surface area (Å²) in [5.74, 6) is 0.397. The molecule has 2 aromatic rings. The Hall–Kier alpha value is -2.80. The summed E-state index contributed by atoms with van der Waals surface area (Å²) in [4.78, 5) is 27.9. The third-order valence-electron chi connectivity index (χ3n) is 5.48. The fourth-order valence-corrected chi connectivity index (χ4v) is 3.70. The van der Waals surface area contributed by atoms with Crippen molar-refractivity contribution in [1.82, 2.24) is 9.80 Å². The number of hydrogen-bond acceptors (Lipinski definition) is 4. The Balaban J connectivity index is 1.88. The van der Waals surface area contributed by atoms with Gasteiger partial charge in [-0.15, -0.1) is 0 Å². The van der Waals surface area contributed by atoms with Crippen LogP contribution in [-0.2, 0) is 16.2 Å². The van der Waals surface area contributed by atoms with E-state index in [0.29, 0.717) is 22.6 Å². The predicted molar refractivity (Wildman–Crippen MR) is 111 cm³/mol. The lowest BCUT2D eigenvalue weighted by Gasteiger charge is -2.40. The third kappa shape index (κ3) is 4.36. The molecule has 0 bridgehead atoms. The molecular weight excluding hydrogens is 411 g/mol. The van der Waals surface area contributed by atoms with Crippen LogP contribution in [0.4, 0.5) is 4.39 Å². The van der Waals surface area contributed by atoms with Crippen molar-refractivity contribution < 1.29 is 23.5 Å². The van der Waals surface area contributed by atoms with Crippen LogP contribution in [0.25, 0.3) is 0 Å². The van der Waals surface area contributed by atoms with E-state index in [9.17, 15) is 14.0 Å². The summed E-state index contributed by atoms with van der Waals surface area (Å²) in [5, 5.41) is 0.200. The lowest BCUT2D eigenvalue weighted by Crippen LogP contribution is -2.57. The number of nitrogens with zero attached hydrogens (tertiary/aromatic N) is 2. The number of carbonyl (C=O) groups excluding carboxylic acids is 2. The van der Waals surface area contributed by atoms with E-state index < -0.39 is 17.9 Å².